The number of aryl methyl sites for hydroxylation is 1. The first-order valence-corrected chi connectivity index (χ1v) is 7.26. The Morgan fingerprint density at radius 3 is 3.05 bits per heavy atom. The smallest absolute Gasteiger partial charge is 0.0569 e. The van der Waals surface area contributed by atoms with E-state index in [0.717, 1.165) is 6.42 Å². The quantitative estimate of drug-likeness (QED) is 0.778. The van der Waals surface area contributed by atoms with Gasteiger partial charge in [0.2, 0.25) is 0 Å². The molecule has 0 radical (unpaired) electrons. The van der Waals surface area contributed by atoms with Crippen LogP contribution in [-0.4, -0.2) is 4.98 Å². The number of nitrogens with zero attached hydrogens (tertiary/aromatic N) is 1. The van der Waals surface area contributed by atoms with E-state index in [-0.39, 0.29) is 0 Å². The van der Waals surface area contributed by atoms with Crippen LogP contribution in [0.25, 0.3) is 0 Å². The summed E-state index contributed by atoms with van der Waals surface area (Å²) in [5, 5.41) is 3.73. The second-order valence-corrected chi connectivity index (χ2v) is 5.85. The number of anilines is 1. The van der Waals surface area contributed by atoms with E-state index in [1.54, 1.807) is 0 Å². The molecule has 0 spiro atoms. The fourth-order valence-corrected chi connectivity index (χ4v) is 3.60. The van der Waals surface area contributed by atoms with Crippen molar-refractivity contribution in [3.05, 3.63) is 71.6 Å². The number of fused-ring (bicyclic) bond motifs is 3. The van der Waals surface area contributed by atoms with Crippen molar-refractivity contribution in [1.29, 1.82) is 0 Å². The molecular formula is C18H18N2. The molecule has 0 fully saturated rings. The number of rotatable bonds is 1. The van der Waals surface area contributed by atoms with Gasteiger partial charge in [0.15, 0.2) is 0 Å². The maximum atomic E-state index is 4.28. The number of nitrogens with one attached hydrogen (secondary N) is 1. The van der Waals surface area contributed by atoms with E-state index in [0.29, 0.717) is 17.9 Å². The molecule has 20 heavy (non-hydrogen) atoms. The zero-order chi connectivity index (χ0) is 13.5. The molecule has 0 bridgehead atoms. The molecule has 2 heterocycles. The molecule has 4 rings (SSSR count). The van der Waals surface area contributed by atoms with Crippen molar-refractivity contribution in [3.63, 3.8) is 0 Å². The first-order chi connectivity index (χ1) is 9.83. The Bertz CT molecular complexity index is 660. The van der Waals surface area contributed by atoms with E-state index >= 15 is 0 Å². The van der Waals surface area contributed by atoms with Crippen molar-refractivity contribution in [2.75, 3.05) is 5.32 Å². The van der Waals surface area contributed by atoms with Gasteiger partial charge in [-0.25, -0.2) is 0 Å². The van der Waals surface area contributed by atoms with Gasteiger partial charge in [0.1, 0.15) is 0 Å². The Morgan fingerprint density at radius 1 is 1.25 bits per heavy atom. The van der Waals surface area contributed by atoms with Crippen LogP contribution in [0, 0.1) is 12.8 Å². The highest BCUT2D eigenvalue weighted by Crippen LogP contribution is 2.49. The molecule has 2 aromatic rings. The molecule has 1 aliphatic carbocycles. The van der Waals surface area contributed by atoms with Crippen molar-refractivity contribution in [2.45, 2.75) is 25.3 Å². The summed E-state index contributed by atoms with van der Waals surface area (Å²) in [7, 11) is 0. The first kappa shape index (κ1) is 11.7. The summed E-state index contributed by atoms with van der Waals surface area (Å²) in [5.41, 5.74) is 5.35. The average Bonchev–Trinajstić information content (AvgIpc) is 2.97. The summed E-state index contributed by atoms with van der Waals surface area (Å²) in [6, 6.07) is 11.3. The van der Waals surface area contributed by atoms with Crippen LogP contribution in [-0.2, 0) is 0 Å². The van der Waals surface area contributed by atoms with Crippen LogP contribution >= 0.6 is 0 Å². The molecular weight excluding hydrogens is 244 g/mol. The van der Waals surface area contributed by atoms with Gasteiger partial charge >= 0.3 is 0 Å². The van der Waals surface area contributed by atoms with E-state index < -0.39 is 0 Å². The topological polar surface area (TPSA) is 24.9 Å². The normalized spacial score (nSPS) is 26.8. The van der Waals surface area contributed by atoms with Gasteiger partial charge in [0.25, 0.3) is 0 Å². The van der Waals surface area contributed by atoms with Crippen molar-refractivity contribution in [2.24, 2.45) is 5.92 Å². The van der Waals surface area contributed by atoms with Gasteiger partial charge in [0, 0.05) is 24.0 Å². The number of hydrogen-bond donors (Lipinski definition) is 1. The SMILES string of the molecule is Cc1ccc2c(c1)[C@H]1C=CC[C@@H]1[C@H](c1cccnc1)N2. The van der Waals surface area contributed by atoms with Gasteiger partial charge in [0.05, 0.1) is 6.04 Å². The molecule has 0 saturated carbocycles. The number of hydrogen-bond acceptors (Lipinski definition) is 2. The van der Waals surface area contributed by atoms with Crippen LogP contribution in [0.1, 0.15) is 35.1 Å². The first-order valence-electron chi connectivity index (χ1n) is 7.26. The molecule has 1 N–H and O–H groups in total. The molecule has 0 unspecified atom stereocenters. The molecule has 0 amide bonds. The van der Waals surface area contributed by atoms with Crippen LogP contribution in [0.2, 0.25) is 0 Å². The summed E-state index contributed by atoms with van der Waals surface area (Å²) in [6.45, 7) is 2.17. The Hall–Kier alpha value is -2.09. The van der Waals surface area contributed by atoms with Gasteiger partial charge in [-0.2, -0.15) is 0 Å². The Kier molecular flexibility index (Phi) is 2.62. The molecule has 100 valence electrons. The minimum absolute atomic E-state index is 0.360. The van der Waals surface area contributed by atoms with Crippen LogP contribution in [0.4, 0.5) is 5.69 Å². The highest BCUT2D eigenvalue weighted by atomic mass is 15.0. The molecule has 1 aliphatic heterocycles. The summed E-state index contributed by atoms with van der Waals surface area (Å²) in [6.07, 6.45) is 9.69. The predicted molar refractivity (Wildman–Crippen MR) is 81.8 cm³/mol. The molecule has 2 heteroatoms. The zero-order valence-corrected chi connectivity index (χ0v) is 11.6. The molecule has 0 saturated heterocycles. The zero-order valence-electron chi connectivity index (χ0n) is 11.6. The number of benzene rings is 1. The van der Waals surface area contributed by atoms with Crippen molar-refractivity contribution < 1.29 is 0 Å². The Balaban J connectivity index is 1.80. The maximum absolute atomic E-state index is 4.28. The average molecular weight is 262 g/mol. The van der Waals surface area contributed by atoms with E-state index in [9.17, 15) is 0 Å². The third-order valence-corrected chi connectivity index (χ3v) is 4.56. The molecule has 3 atom stereocenters. The lowest BCUT2D eigenvalue weighted by Crippen LogP contribution is -2.29. The van der Waals surface area contributed by atoms with Gasteiger partial charge in [-0.1, -0.05) is 35.9 Å². The number of pyridine rings is 1. The second kappa shape index (κ2) is 4.48. The largest absolute Gasteiger partial charge is 0.378 e. The highest BCUT2D eigenvalue weighted by Gasteiger charge is 2.37. The Labute approximate surface area is 119 Å². The molecule has 2 nitrogen and oxygen atoms in total. The number of allylic oxidation sites excluding steroid dienone is 2. The maximum Gasteiger partial charge on any atom is 0.0569 e. The minimum Gasteiger partial charge on any atom is -0.378 e. The summed E-state index contributed by atoms with van der Waals surface area (Å²) in [4.78, 5) is 4.28. The lowest BCUT2D eigenvalue weighted by molar-refractivity contribution is 0.425. The van der Waals surface area contributed by atoms with Crippen molar-refractivity contribution in [3.8, 4) is 0 Å². The third-order valence-electron chi connectivity index (χ3n) is 4.56. The third kappa shape index (κ3) is 1.75. The van der Waals surface area contributed by atoms with E-state index in [2.05, 4.69) is 53.6 Å². The molecule has 2 aliphatic rings. The van der Waals surface area contributed by atoms with Crippen LogP contribution in [0.5, 0.6) is 0 Å². The van der Waals surface area contributed by atoms with Gasteiger partial charge in [-0.15, -0.1) is 0 Å². The lowest BCUT2D eigenvalue weighted by Gasteiger charge is -2.37. The summed E-state index contributed by atoms with van der Waals surface area (Å²) < 4.78 is 0. The lowest BCUT2D eigenvalue weighted by atomic mass is 9.77. The van der Waals surface area contributed by atoms with Gasteiger partial charge in [-0.3, -0.25) is 4.98 Å². The van der Waals surface area contributed by atoms with E-state index in [1.165, 1.54) is 22.4 Å². The standard InChI is InChI=1S/C18H18N2/c1-12-7-8-17-16(10-12)14-5-2-6-15(14)18(20-17)13-4-3-9-19-11-13/h2-5,7-11,14-15,18,20H,6H2,1H3/t14-,15-,18-/m0/s1. The van der Waals surface area contributed by atoms with E-state index in [1.807, 2.05) is 18.5 Å². The molecule has 1 aromatic carbocycles. The van der Waals surface area contributed by atoms with Crippen LogP contribution in [0.3, 0.4) is 0 Å². The highest BCUT2D eigenvalue weighted by molar-refractivity contribution is 5.60. The monoisotopic (exact) mass is 262 g/mol. The summed E-state index contributed by atoms with van der Waals surface area (Å²) in [5.74, 6) is 1.14. The van der Waals surface area contributed by atoms with Crippen molar-refractivity contribution in [1.82, 2.24) is 4.98 Å². The van der Waals surface area contributed by atoms with Gasteiger partial charge < -0.3 is 5.32 Å². The van der Waals surface area contributed by atoms with Crippen molar-refractivity contribution >= 4 is 5.69 Å². The predicted octanol–water partition coefficient (Wildman–Crippen LogP) is 4.22. The van der Waals surface area contributed by atoms with E-state index in [4.69, 9.17) is 0 Å². The number of aromatic nitrogens is 1. The van der Waals surface area contributed by atoms with Gasteiger partial charge in [-0.05, 0) is 42.5 Å². The minimum atomic E-state index is 0.360. The Morgan fingerprint density at radius 2 is 2.20 bits per heavy atom. The summed E-state index contributed by atoms with van der Waals surface area (Å²) >= 11 is 0. The fourth-order valence-electron chi connectivity index (χ4n) is 3.60. The molecule has 1 aromatic heterocycles. The van der Waals surface area contributed by atoms with Crippen LogP contribution in [0.15, 0.2) is 54.9 Å². The second-order valence-electron chi connectivity index (χ2n) is 5.85. The van der Waals surface area contributed by atoms with Crippen LogP contribution < -0.4 is 5.32 Å². The fraction of sp³-hybridized carbons (Fsp3) is 0.278.